The third kappa shape index (κ3) is 13.3. The van der Waals surface area contributed by atoms with Crippen LogP contribution in [0.2, 0.25) is 19.6 Å². The third-order valence-corrected chi connectivity index (χ3v) is 3.55. The van der Waals surface area contributed by atoms with Gasteiger partial charge in [0.25, 0.3) is 0 Å². The number of fused-ring (bicyclic) bond motifs is 1. The van der Waals surface area contributed by atoms with Crippen LogP contribution in [-0.2, 0) is 6.42 Å². The van der Waals surface area contributed by atoms with Gasteiger partial charge in [0.2, 0.25) is 0 Å². The number of allylic oxidation sites excluding steroid dienone is 1. The Morgan fingerprint density at radius 3 is 2.07 bits per heavy atom. The Labute approximate surface area is 211 Å². The molecule has 0 atom stereocenters. The summed E-state index contributed by atoms with van der Waals surface area (Å²) in [7, 11) is -1.35. The maximum Gasteiger partial charge on any atom is 1.00 e. The van der Waals surface area contributed by atoms with Crippen molar-refractivity contribution < 1.29 is 56.5 Å². The van der Waals surface area contributed by atoms with E-state index >= 15 is 0 Å². The molecule has 1 aliphatic rings. The minimum Gasteiger partial charge on any atom is -0.850 e. The number of nitrogens with two attached hydrogens (primary N) is 1. The first-order valence-corrected chi connectivity index (χ1v) is 12.2. The monoisotopic (exact) mass is 421 g/mol. The van der Waals surface area contributed by atoms with Crippen LogP contribution in [0.3, 0.4) is 0 Å². The SMILES string of the molecule is C1=Cc2nccnc2C1.CC(C)(C)[O-].C[Si](C)(C)C#Cc1nccnc1N.[K+]. The summed E-state index contributed by atoms with van der Waals surface area (Å²) < 4.78 is 0. The van der Waals surface area contributed by atoms with E-state index in [2.05, 4.69) is 57.1 Å². The zero-order valence-electron chi connectivity index (χ0n) is 17.9. The van der Waals surface area contributed by atoms with Gasteiger partial charge in [0.1, 0.15) is 8.07 Å². The third-order valence-electron chi connectivity index (χ3n) is 2.68. The van der Waals surface area contributed by atoms with E-state index < -0.39 is 13.7 Å². The van der Waals surface area contributed by atoms with Crippen molar-refractivity contribution in [3.05, 3.63) is 47.9 Å². The Bertz CT molecular complexity index is 827. The molecule has 1 aliphatic carbocycles. The Morgan fingerprint density at radius 1 is 1.00 bits per heavy atom. The normalized spacial score (nSPS) is 11.4. The minimum atomic E-state index is -1.35. The molecule has 2 aromatic heterocycles. The van der Waals surface area contributed by atoms with Crippen LogP contribution in [0.15, 0.2) is 30.9 Å². The molecular weight excluding hydrogens is 393 g/mol. The predicted octanol–water partition coefficient (Wildman–Crippen LogP) is -0.517. The first kappa shape index (κ1) is 27.1. The molecule has 0 saturated heterocycles. The second-order valence-corrected chi connectivity index (χ2v) is 12.6. The average molecular weight is 422 g/mol. The van der Waals surface area contributed by atoms with Crippen LogP contribution < -0.4 is 62.2 Å². The molecule has 3 rings (SSSR count). The largest absolute Gasteiger partial charge is 1.00 e. The molecule has 2 N–H and O–H groups in total. The molecule has 0 aromatic carbocycles. The summed E-state index contributed by atoms with van der Waals surface area (Å²) in [4.78, 5) is 16.2. The molecular formula is C20H28KN5OSi. The molecule has 0 unspecified atom stereocenters. The molecule has 2 aromatic rings. The van der Waals surface area contributed by atoms with Gasteiger partial charge in [-0.3, -0.25) is 9.97 Å². The fourth-order valence-electron chi connectivity index (χ4n) is 1.65. The zero-order chi connectivity index (χ0) is 20.5. The number of nitrogens with zero attached hydrogens (tertiary/aromatic N) is 4. The maximum absolute atomic E-state index is 10.1. The van der Waals surface area contributed by atoms with Crippen molar-refractivity contribution in [3.8, 4) is 11.5 Å². The molecule has 144 valence electrons. The molecule has 0 aliphatic heterocycles. The summed E-state index contributed by atoms with van der Waals surface area (Å²) in [6.07, 6.45) is 11.6. The Kier molecular flexibility index (Phi) is 12.2. The molecule has 28 heavy (non-hydrogen) atoms. The van der Waals surface area contributed by atoms with Crippen LogP contribution in [0.4, 0.5) is 5.82 Å². The van der Waals surface area contributed by atoms with Crippen molar-refractivity contribution in [3.63, 3.8) is 0 Å². The second-order valence-electron chi connectivity index (χ2n) is 7.90. The molecule has 0 bridgehead atoms. The number of rotatable bonds is 0. The van der Waals surface area contributed by atoms with Crippen molar-refractivity contribution in [2.75, 3.05) is 5.73 Å². The molecule has 0 amide bonds. The summed E-state index contributed by atoms with van der Waals surface area (Å²) in [5.41, 5.74) is 10.7. The van der Waals surface area contributed by atoms with Crippen LogP contribution in [0.1, 0.15) is 37.9 Å². The Hall–Kier alpha value is -0.927. The van der Waals surface area contributed by atoms with E-state index in [1.54, 1.807) is 45.6 Å². The van der Waals surface area contributed by atoms with Crippen molar-refractivity contribution in [1.29, 1.82) is 0 Å². The molecule has 0 radical (unpaired) electrons. The molecule has 2 heterocycles. The number of hydrogen-bond donors (Lipinski definition) is 1. The van der Waals surface area contributed by atoms with Crippen LogP contribution in [0.25, 0.3) is 6.08 Å². The van der Waals surface area contributed by atoms with E-state index in [9.17, 15) is 5.11 Å². The van der Waals surface area contributed by atoms with Gasteiger partial charge in [0.05, 0.1) is 11.4 Å². The molecule has 0 spiro atoms. The molecule has 0 fully saturated rings. The molecule has 6 nitrogen and oxygen atoms in total. The number of aromatic nitrogens is 4. The van der Waals surface area contributed by atoms with E-state index in [0.29, 0.717) is 11.5 Å². The van der Waals surface area contributed by atoms with E-state index in [4.69, 9.17) is 5.73 Å². The summed E-state index contributed by atoms with van der Waals surface area (Å²) in [5, 5.41) is 10.1. The Balaban J connectivity index is 0.000000423. The van der Waals surface area contributed by atoms with E-state index in [0.717, 1.165) is 17.8 Å². The van der Waals surface area contributed by atoms with Gasteiger partial charge in [-0.2, -0.15) is 0 Å². The van der Waals surface area contributed by atoms with Crippen LogP contribution in [-0.4, -0.2) is 33.6 Å². The maximum atomic E-state index is 10.1. The van der Waals surface area contributed by atoms with Gasteiger partial charge in [0, 0.05) is 31.2 Å². The van der Waals surface area contributed by atoms with Gasteiger partial charge in [-0.15, -0.1) is 11.1 Å². The summed E-state index contributed by atoms with van der Waals surface area (Å²) in [5.74, 6) is 3.38. The van der Waals surface area contributed by atoms with Gasteiger partial charge in [-0.25, -0.2) is 9.97 Å². The van der Waals surface area contributed by atoms with Gasteiger partial charge in [-0.1, -0.05) is 52.4 Å². The van der Waals surface area contributed by atoms with Crippen molar-refractivity contribution in [1.82, 2.24) is 19.9 Å². The summed E-state index contributed by atoms with van der Waals surface area (Å²) in [6.45, 7) is 11.4. The summed E-state index contributed by atoms with van der Waals surface area (Å²) >= 11 is 0. The first-order chi connectivity index (χ1) is 12.5. The number of nitrogen functional groups attached to an aromatic ring is 1. The van der Waals surface area contributed by atoms with Crippen molar-refractivity contribution in [2.24, 2.45) is 0 Å². The van der Waals surface area contributed by atoms with E-state index in [-0.39, 0.29) is 51.4 Å². The second kappa shape index (κ2) is 12.6. The fraction of sp³-hybridized carbons (Fsp3) is 0.400. The quantitative estimate of drug-likeness (QED) is 0.454. The predicted molar refractivity (Wildman–Crippen MR) is 111 cm³/mol. The smallest absolute Gasteiger partial charge is 0.850 e. The average Bonchev–Trinajstić information content (AvgIpc) is 3.01. The van der Waals surface area contributed by atoms with E-state index in [1.165, 1.54) is 0 Å². The molecule has 0 saturated carbocycles. The van der Waals surface area contributed by atoms with Gasteiger partial charge in [0.15, 0.2) is 11.5 Å². The number of hydrogen-bond acceptors (Lipinski definition) is 6. The van der Waals surface area contributed by atoms with Crippen molar-refractivity contribution >= 4 is 20.0 Å². The standard InChI is InChI=1S/C9H13N3Si.C7H6N2.C4H9O.K/c1-13(2,3)7-4-8-9(10)12-6-5-11-8;1-2-6-7(3-1)9-5-4-8-6;1-4(2,3)5;/h5-6H,1-3H3,(H2,10,12);1-2,4-5H,3H2;1-3H3;/q;;-1;+1. The molecule has 8 heteroatoms. The zero-order valence-corrected chi connectivity index (χ0v) is 22.1. The van der Waals surface area contributed by atoms with Gasteiger partial charge < -0.3 is 10.8 Å². The Morgan fingerprint density at radius 2 is 1.54 bits per heavy atom. The van der Waals surface area contributed by atoms with E-state index in [1.807, 2.05) is 6.08 Å². The van der Waals surface area contributed by atoms with Crippen LogP contribution in [0.5, 0.6) is 0 Å². The van der Waals surface area contributed by atoms with Gasteiger partial charge in [-0.05, 0) is 6.08 Å². The number of anilines is 1. The van der Waals surface area contributed by atoms with Gasteiger partial charge >= 0.3 is 51.4 Å². The first-order valence-electron chi connectivity index (χ1n) is 8.72. The van der Waals surface area contributed by atoms with Crippen LogP contribution >= 0.6 is 0 Å². The summed E-state index contributed by atoms with van der Waals surface area (Å²) in [6, 6.07) is 0. The van der Waals surface area contributed by atoms with Crippen molar-refractivity contribution in [2.45, 2.75) is 52.4 Å². The minimum absolute atomic E-state index is 0. The van der Waals surface area contributed by atoms with Crippen LogP contribution in [0, 0.1) is 11.5 Å². The fourth-order valence-corrected chi connectivity index (χ4v) is 2.14. The topological polar surface area (TPSA) is 101 Å².